The number of aliphatic imine (C=N–C) groups is 1. The molecule has 0 amide bonds. The molecule has 29 heavy (non-hydrogen) atoms. The largest absolute Gasteiger partial charge is 0.403 e. The molecule has 9 heteroatoms. The summed E-state index contributed by atoms with van der Waals surface area (Å²) >= 11 is 0. The molecule has 0 aliphatic carbocycles. The molecular weight excluding hydrogens is 381 g/mol. The number of piperazine rings is 1. The number of nitrogens with one attached hydrogen (secondary N) is 1. The number of benzene rings is 1. The Hall–Kier alpha value is -2.55. The van der Waals surface area contributed by atoms with Crippen LogP contribution in [0.25, 0.3) is 5.69 Å². The van der Waals surface area contributed by atoms with Crippen LogP contribution in [-0.2, 0) is 6.54 Å². The number of para-hydroxylation sites is 1. The van der Waals surface area contributed by atoms with Crippen molar-refractivity contribution < 1.29 is 13.2 Å². The third-order valence-corrected chi connectivity index (χ3v) is 5.24. The molecule has 0 saturated carbocycles. The van der Waals surface area contributed by atoms with Gasteiger partial charge in [-0.25, -0.2) is 4.68 Å². The van der Waals surface area contributed by atoms with Gasteiger partial charge < -0.3 is 10.2 Å². The normalized spacial score (nSPS) is 17.4. The summed E-state index contributed by atoms with van der Waals surface area (Å²) in [6, 6.07) is 8.48. The Balaban J connectivity index is 1.61. The lowest BCUT2D eigenvalue weighted by Crippen LogP contribution is -2.56. The highest BCUT2D eigenvalue weighted by molar-refractivity contribution is 5.80. The van der Waals surface area contributed by atoms with Gasteiger partial charge in [0, 0.05) is 46.0 Å². The van der Waals surface area contributed by atoms with Crippen molar-refractivity contribution in [1.29, 1.82) is 0 Å². The molecule has 1 aromatic heterocycles. The fraction of sp³-hybridized carbons (Fsp3) is 0.500. The molecule has 0 spiro atoms. The molecule has 1 aromatic carbocycles. The van der Waals surface area contributed by atoms with E-state index in [0.717, 1.165) is 16.9 Å². The van der Waals surface area contributed by atoms with Crippen molar-refractivity contribution in [3.05, 3.63) is 47.8 Å². The lowest BCUT2D eigenvalue weighted by molar-refractivity contribution is -0.181. The van der Waals surface area contributed by atoms with Gasteiger partial charge >= 0.3 is 6.18 Å². The van der Waals surface area contributed by atoms with Crippen molar-refractivity contribution in [2.24, 2.45) is 4.99 Å². The standard InChI is InChI=1S/C20H27F3N6/c1-15-8-9-29(26-15)18-7-5-4-6-17(18)14-25-19(24-3)28-12-10-27(11-13-28)16(2)20(21,22)23/h4-9,16H,10-14H2,1-3H3,(H,24,25). The summed E-state index contributed by atoms with van der Waals surface area (Å²) in [5.74, 6) is 0.691. The summed E-state index contributed by atoms with van der Waals surface area (Å²) in [4.78, 5) is 7.79. The molecule has 1 atom stereocenters. The minimum atomic E-state index is -4.20. The molecule has 6 nitrogen and oxygen atoms in total. The number of halogens is 3. The van der Waals surface area contributed by atoms with Gasteiger partial charge in [-0.05, 0) is 31.5 Å². The van der Waals surface area contributed by atoms with Crippen LogP contribution in [0.4, 0.5) is 13.2 Å². The Kier molecular flexibility index (Phi) is 6.46. The zero-order valence-corrected chi connectivity index (χ0v) is 16.9. The summed E-state index contributed by atoms with van der Waals surface area (Å²) < 4.78 is 40.7. The summed E-state index contributed by atoms with van der Waals surface area (Å²) in [7, 11) is 1.69. The van der Waals surface area contributed by atoms with E-state index in [1.54, 1.807) is 7.05 Å². The second kappa shape index (κ2) is 8.86. The minimum absolute atomic E-state index is 0.352. The quantitative estimate of drug-likeness (QED) is 0.624. The van der Waals surface area contributed by atoms with E-state index >= 15 is 0 Å². The Labute approximate surface area is 169 Å². The fourth-order valence-electron chi connectivity index (χ4n) is 3.47. The fourth-order valence-corrected chi connectivity index (χ4v) is 3.47. The van der Waals surface area contributed by atoms with Gasteiger partial charge in [0.1, 0.15) is 6.04 Å². The van der Waals surface area contributed by atoms with Crippen LogP contribution in [0, 0.1) is 6.92 Å². The van der Waals surface area contributed by atoms with E-state index in [4.69, 9.17) is 0 Å². The first-order valence-corrected chi connectivity index (χ1v) is 9.66. The SMILES string of the molecule is CN=C(NCc1ccccc1-n1ccc(C)n1)N1CCN(C(C)C(F)(F)F)CC1. The Morgan fingerprint density at radius 1 is 1.17 bits per heavy atom. The Bertz CT molecular complexity index is 837. The van der Waals surface area contributed by atoms with Crippen molar-refractivity contribution in [3.63, 3.8) is 0 Å². The molecule has 1 N–H and O–H groups in total. The van der Waals surface area contributed by atoms with E-state index in [1.165, 1.54) is 11.8 Å². The number of rotatable bonds is 4. The smallest absolute Gasteiger partial charge is 0.352 e. The highest BCUT2D eigenvalue weighted by Gasteiger charge is 2.41. The predicted molar refractivity (Wildman–Crippen MR) is 107 cm³/mol. The third-order valence-electron chi connectivity index (χ3n) is 5.24. The average Bonchev–Trinajstić information content (AvgIpc) is 3.14. The van der Waals surface area contributed by atoms with Crippen LogP contribution in [0.1, 0.15) is 18.2 Å². The van der Waals surface area contributed by atoms with Gasteiger partial charge in [0.2, 0.25) is 0 Å². The maximum absolute atomic E-state index is 12.9. The number of hydrogen-bond acceptors (Lipinski definition) is 3. The van der Waals surface area contributed by atoms with Crippen molar-refractivity contribution in [2.45, 2.75) is 32.6 Å². The van der Waals surface area contributed by atoms with E-state index in [0.29, 0.717) is 38.7 Å². The molecule has 1 unspecified atom stereocenters. The molecule has 1 aliphatic rings. The lowest BCUT2D eigenvalue weighted by atomic mass is 10.2. The molecule has 2 aromatic rings. The van der Waals surface area contributed by atoms with Crippen LogP contribution < -0.4 is 5.32 Å². The third kappa shape index (κ3) is 5.09. The van der Waals surface area contributed by atoms with Gasteiger partial charge in [-0.2, -0.15) is 18.3 Å². The minimum Gasteiger partial charge on any atom is -0.352 e. The summed E-state index contributed by atoms with van der Waals surface area (Å²) in [6.45, 7) is 5.41. The Morgan fingerprint density at radius 3 is 2.45 bits per heavy atom. The van der Waals surface area contributed by atoms with E-state index in [9.17, 15) is 13.2 Å². The molecule has 1 aliphatic heterocycles. The lowest BCUT2D eigenvalue weighted by Gasteiger charge is -2.39. The van der Waals surface area contributed by atoms with E-state index in [2.05, 4.69) is 15.4 Å². The number of aryl methyl sites for hydroxylation is 1. The van der Waals surface area contributed by atoms with Gasteiger partial charge in [-0.3, -0.25) is 9.89 Å². The van der Waals surface area contributed by atoms with Gasteiger partial charge in [-0.15, -0.1) is 0 Å². The van der Waals surface area contributed by atoms with Crippen molar-refractivity contribution in [1.82, 2.24) is 24.9 Å². The van der Waals surface area contributed by atoms with Gasteiger partial charge in [0.25, 0.3) is 0 Å². The van der Waals surface area contributed by atoms with Gasteiger partial charge in [0.05, 0.1) is 11.4 Å². The number of aromatic nitrogens is 2. The van der Waals surface area contributed by atoms with Crippen LogP contribution in [0.5, 0.6) is 0 Å². The average molecular weight is 408 g/mol. The highest BCUT2D eigenvalue weighted by atomic mass is 19.4. The maximum Gasteiger partial charge on any atom is 0.403 e. The summed E-state index contributed by atoms with van der Waals surface area (Å²) in [5.41, 5.74) is 2.97. The number of nitrogens with zero attached hydrogens (tertiary/aromatic N) is 5. The zero-order valence-electron chi connectivity index (χ0n) is 16.9. The van der Waals surface area contributed by atoms with E-state index in [1.807, 2.05) is 53.0 Å². The monoisotopic (exact) mass is 408 g/mol. The topological polar surface area (TPSA) is 48.7 Å². The molecule has 158 valence electrons. The molecule has 1 saturated heterocycles. The molecule has 1 fully saturated rings. The van der Waals surface area contributed by atoms with E-state index in [-0.39, 0.29) is 0 Å². The van der Waals surface area contributed by atoms with Crippen molar-refractivity contribution in [3.8, 4) is 5.69 Å². The highest BCUT2D eigenvalue weighted by Crippen LogP contribution is 2.25. The molecular formula is C20H27F3N6. The zero-order chi connectivity index (χ0) is 21.0. The van der Waals surface area contributed by atoms with Crippen LogP contribution in [0.3, 0.4) is 0 Å². The number of guanidine groups is 1. The van der Waals surface area contributed by atoms with Gasteiger partial charge in [0.15, 0.2) is 5.96 Å². The molecule has 0 bridgehead atoms. The van der Waals surface area contributed by atoms with Crippen LogP contribution in [0.2, 0.25) is 0 Å². The predicted octanol–water partition coefficient (Wildman–Crippen LogP) is 2.82. The molecule has 0 radical (unpaired) electrons. The first-order chi connectivity index (χ1) is 13.8. The Morgan fingerprint density at radius 2 is 1.86 bits per heavy atom. The maximum atomic E-state index is 12.9. The van der Waals surface area contributed by atoms with Crippen molar-refractivity contribution in [2.75, 3.05) is 33.2 Å². The number of hydrogen-bond donors (Lipinski definition) is 1. The van der Waals surface area contributed by atoms with Crippen molar-refractivity contribution >= 4 is 5.96 Å². The first kappa shape index (κ1) is 21.2. The first-order valence-electron chi connectivity index (χ1n) is 9.66. The summed E-state index contributed by atoms with van der Waals surface area (Å²) in [5, 5.41) is 7.81. The second-order valence-electron chi connectivity index (χ2n) is 7.17. The number of alkyl halides is 3. The molecule has 3 rings (SSSR count). The van der Waals surface area contributed by atoms with Gasteiger partial charge in [-0.1, -0.05) is 18.2 Å². The summed E-state index contributed by atoms with van der Waals surface area (Å²) in [6.07, 6.45) is -2.28. The van der Waals surface area contributed by atoms with Crippen LogP contribution in [0.15, 0.2) is 41.5 Å². The second-order valence-corrected chi connectivity index (χ2v) is 7.17. The van der Waals surface area contributed by atoms with Crippen LogP contribution >= 0.6 is 0 Å². The molecule has 2 heterocycles. The van der Waals surface area contributed by atoms with E-state index < -0.39 is 12.2 Å². The van der Waals surface area contributed by atoms with Crippen LogP contribution in [-0.4, -0.2) is 71.0 Å².